The standard InChI is InChI=1S/C5H7NO5/c1-3(7)11-4(8)2-10-5(6)9/h2H2,1H3,(H2,6,9). The maximum Gasteiger partial charge on any atom is 0.405 e. The minimum Gasteiger partial charge on any atom is -0.438 e. The largest absolute Gasteiger partial charge is 0.438 e. The molecule has 0 saturated heterocycles. The van der Waals surface area contributed by atoms with Crippen molar-refractivity contribution in [2.24, 2.45) is 5.73 Å². The lowest BCUT2D eigenvalue weighted by molar-refractivity contribution is -0.160. The van der Waals surface area contributed by atoms with E-state index in [1.54, 1.807) is 0 Å². The van der Waals surface area contributed by atoms with Crippen molar-refractivity contribution < 1.29 is 23.9 Å². The molecule has 0 aliphatic carbocycles. The van der Waals surface area contributed by atoms with Crippen LogP contribution in [0.2, 0.25) is 0 Å². The number of esters is 2. The van der Waals surface area contributed by atoms with Gasteiger partial charge in [0.15, 0.2) is 6.61 Å². The van der Waals surface area contributed by atoms with Crippen molar-refractivity contribution in [1.29, 1.82) is 0 Å². The summed E-state index contributed by atoms with van der Waals surface area (Å²) >= 11 is 0. The quantitative estimate of drug-likeness (QED) is 0.421. The first kappa shape index (κ1) is 9.41. The fourth-order valence-electron chi connectivity index (χ4n) is 0.320. The van der Waals surface area contributed by atoms with Crippen molar-refractivity contribution in [3.63, 3.8) is 0 Å². The van der Waals surface area contributed by atoms with Crippen molar-refractivity contribution in [2.75, 3.05) is 6.61 Å². The second-order valence-electron chi connectivity index (χ2n) is 1.57. The molecule has 0 radical (unpaired) electrons. The van der Waals surface area contributed by atoms with E-state index >= 15 is 0 Å². The number of carbonyl (C=O) groups is 3. The molecule has 0 unspecified atom stereocenters. The zero-order chi connectivity index (χ0) is 8.85. The maximum absolute atomic E-state index is 10.4. The fraction of sp³-hybridized carbons (Fsp3) is 0.400. The van der Waals surface area contributed by atoms with E-state index in [1.165, 1.54) is 0 Å². The van der Waals surface area contributed by atoms with Gasteiger partial charge in [0.1, 0.15) is 0 Å². The molecule has 0 spiro atoms. The van der Waals surface area contributed by atoms with Crippen LogP contribution in [0, 0.1) is 0 Å². The number of ether oxygens (including phenoxy) is 2. The third kappa shape index (κ3) is 6.29. The molecule has 6 nitrogen and oxygen atoms in total. The molecule has 0 heterocycles. The van der Waals surface area contributed by atoms with E-state index in [9.17, 15) is 14.4 Å². The predicted molar refractivity (Wildman–Crippen MR) is 32.3 cm³/mol. The summed E-state index contributed by atoms with van der Waals surface area (Å²) in [4.78, 5) is 30.4. The summed E-state index contributed by atoms with van der Waals surface area (Å²) in [7, 11) is 0. The summed E-state index contributed by atoms with van der Waals surface area (Å²) in [5.41, 5.74) is 4.52. The lowest BCUT2D eigenvalue weighted by atomic mass is 10.7. The zero-order valence-electron chi connectivity index (χ0n) is 5.83. The van der Waals surface area contributed by atoms with Crippen LogP contribution in [0.25, 0.3) is 0 Å². The Hall–Kier alpha value is -1.59. The molecule has 0 aliphatic rings. The van der Waals surface area contributed by atoms with Crippen molar-refractivity contribution in [3.8, 4) is 0 Å². The number of hydrogen-bond acceptors (Lipinski definition) is 5. The van der Waals surface area contributed by atoms with E-state index in [0.29, 0.717) is 0 Å². The van der Waals surface area contributed by atoms with Crippen LogP contribution in [-0.2, 0) is 19.1 Å². The first-order chi connectivity index (χ1) is 5.02. The van der Waals surface area contributed by atoms with Gasteiger partial charge in [-0.05, 0) is 0 Å². The molecule has 1 amide bonds. The van der Waals surface area contributed by atoms with E-state index in [1.807, 2.05) is 0 Å². The predicted octanol–water partition coefficient (Wildman–Crippen LogP) is -0.829. The molecule has 11 heavy (non-hydrogen) atoms. The van der Waals surface area contributed by atoms with Crippen LogP contribution in [0.15, 0.2) is 0 Å². The smallest absolute Gasteiger partial charge is 0.405 e. The molecule has 0 aromatic carbocycles. The van der Waals surface area contributed by atoms with Gasteiger partial charge in [0.05, 0.1) is 0 Å². The fourth-order valence-corrected chi connectivity index (χ4v) is 0.320. The Bertz CT molecular complexity index is 187. The zero-order valence-corrected chi connectivity index (χ0v) is 5.83. The van der Waals surface area contributed by atoms with Crippen molar-refractivity contribution in [3.05, 3.63) is 0 Å². The minimum atomic E-state index is -1.09. The van der Waals surface area contributed by atoms with Crippen LogP contribution < -0.4 is 5.73 Å². The molecule has 0 fully saturated rings. The molecule has 0 aromatic heterocycles. The first-order valence-electron chi connectivity index (χ1n) is 2.66. The van der Waals surface area contributed by atoms with Gasteiger partial charge in [-0.15, -0.1) is 0 Å². The Balaban J connectivity index is 3.53. The normalized spacial score (nSPS) is 8.45. The Morgan fingerprint density at radius 3 is 2.27 bits per heavy atom. The number of carbonyl (C=O) groups excluding carboxylic acids is 3. The van der Waals surface area contributed by atoms with Crippen LogP contribution in [0.5, 0.6) is 0 Å². The third-order valence-electron chi connectivity index (χ3n) is 0.590. The van der Waals surface area contributed by atoms with Crippen molar-refractivity contribution in [2.45, 2.75) is 6.92 Å². The average molecular weight is 161 g/mol. The lowest BCUT2D eigenvalue weighted by Gasteiger charge is -1.98. The van der Waals surface area contributed by atoms with E-state index in [-0.39, 0.29) is 0 Å². The van der Waals surface area contributed by atoms with Crippen molar-refractivity contribution in [1.82, 2.24) is 0 Å². The van der Waals surface area contributed by atoms with E-state index in [2.05, 4.69) is 15.2 Å². The molecule has 6 heteroatoms. The Kier molecular flexibility index (Phi) is 3.65. The molecule has 0 aliphatic heterocycles. The summed E-state index contributed by atoms with van der Waals surface area (Å²) < 4.78 is 8.01. The monoisotopic (exact) mass is 161 g/mol. The second-order valence-corrected chi connectivity index (χ2v) is 1.57. The molecule has 0 saturated carbocycles. The average Bonchev–Trinajstić information content (AvgIpc) is 1.82. The SMILES string of the molecule is CC(=O)OC(=O)COC(N)=O. The van der Waals surface area contributed by atoms with Gasteiger partial charge in [-0.1, -0.05) is 0 Å². The van der Waals surface area contributed by atoms with Gasteiger partial charge in [-0.2, -0.15) is 0 Å². The maximum atomic E-state index is 10.4. The number of amides is 1. The summed E-state index contributed by atoms with van der Waals surface area (Å²) in [6, 6.07) is 0. The van der Waals surface area contributed by atoms with Crippen LogP contribution in [0.1, 0.15) is 6.92 Å². The van der Waals surface area contributed by atoms with E-state index in [0.717, 1.165) is 6.92 Å². The number of rotatable bonds is 2. The molecule has 0 bridgehead atoms. The Morgan fingerprint density at radius 1 is 1.36 bits per heavy atom. The molecular weight excluding hydrogens is 154 g/mol. The highest BCUT2D eigenvalue weighted by Gasteiger charge is 2.07. The molecule has 2 N–H and O–H groups in total. The van der Waals surface area contributed by atoms with E-state index in [4.69, 9.17) is 0 Å². The Labute approximate surface area is 62.3 Å². The van der Waals surface area contributed by atoms with Crippen LogP contribution >= 0.6 is 0 Å². The van der Waals surface area contributed by atoms with Gasteiger partial charge in [-0.3, -0.25) is 4.79 Å². The minimum absolute atomic E-state index is 0.644. The first-order valence-corrected chi connectivity index (χ1v) is 2.66. The molecule has 62 valence electrons. The van der Waals surface area contributed by atoms with Crippen molar-refractivity contribution >= 4 is 18.0 Å². The van der Waals surface area contributed by atoms with Gasteiger partial charge < -0.3 is 15.2 Å². The second kappa shape index (κ2) is 4.26. The summed E-state index contributed by atoms with van der Waals surface area (Å²) in [5.74, 6) is -1.71. The lowest BCUT2D eigenvalue weighted by Crippen LogP contribution is -2.21. The highest BCUT2D eigenvalue weighted by atomic mass is 16.6. The summed E-state index contributed by atoms with van der Waals surface area (Å²) in [6.45, 7) is 0.414. The molecule has 0 rings (SSSR count). The molecular formula is C5H7NO5. The van der Waals surface area contributed by atoms with E-state index < -0.39 is 24.6 Å². The van der Waals surface area contributed by atoms with Crippen LogP contribution in [0.3, 0.4) is 0 Å². The topological polar surface area (TPSA) is 95.7 Å². The highest BCUT2D eigenvalue weighted by molar-refractivity contribution is 5.85. The van der Waals surface area contributed by atoms with Gasteiger partial charge in [0.25, 0.3) is 0 Å². The van der Waals surface area contributed by atoms with Crippen LogP contribution in [0.4, 0.5) is 4.79 Å². The van der Waals surface area contributed by atoms with Gasteiger partial charge in [0, 0.05) is 6.92 Å². The number of hydrogen-bond donors (Lipinski definition) is 1. The van der Waals surface area contributed by atoms with Gasteiger partial charge >= 0.3 is 18.0 Å². The third-order valence-corrected chi connectivity index (χ3v) is 0.590. The molecule has 0 aromatic rings. The van der Waals surface area contributed by atoms with Crippen LogP contribution in [-0.4, -0.2) is 24.6 Å². The van der Waals surface area contributed by atoms with Gasteiger partial charge in [-0.25, -0.2) is 9.59 Å². The summed E-state index contributed by atoms with van der Waals surface area (Å²) in [5, 5.41) is 0. The number of primary amides is 1. The Morgan fingerprint density at radius 2 is 1.91 bits per heavy atom. The van der Waals surface area contributed by atoms with Gasteiger partial charge in [0.2, 0.25) is 0 Å². The highest BCUT2D eigenvalue weighted by Crippen LogP contribution is 1.81. The molecule has 0 atom stereocenters. The number of nitrogens with two attached hydrogens (primary N) is 1. The summed E-state index contributed by atoms with van der Waals surface area (Å²) in [6.07, 6.45) is -1.09.